The van der Waals surface area contributed by atoms with Gasteiger partial charge in [0.1, 0.15) is 0 Å². The fourth-order valence-corrected chi connectivity index (χ4v) is 3.50. The standard InChI is InChI=1S/C14H29NO2.C7H8O3S/c1-2-3-4-5-6-7-8-9-10-11-12-15-13-14(16)17;1-6-4-2-3-5-7(6)11(8,9)10/h15H,2-13H2,1H3,(H,16,17);2-5H,1H3,(H,8,9,10). The fraction of sp³-hybridized carbons (Fsp3) is 0.667. The van der Waals surface area contributed by atoms with Gasteiger partial charge >= 0.3 is 5.97 Å². The van der Waals surface area contributed by atoms with Crippen LogP contribution in [0, 0.1) is 6.92 Å². The third-order valence-electron chi connectivity index (χ3n) is 4.35. The average Bonchev–Trinajstić information content (AvgIpc) is 2.62. The second-order valence-electron chi connectivity index (χ2n) is 6.99. The lowest BCUT2D eigenvalue weighted by Gasteiger charge is -2.03. The second-order valence-corrected chi connectivity index (χ2v) is 8.38. The Morgan fingerprint density at radius 2 is 1.43 bits per heavy atom. The topological polar surface area (TPSA) is 104 Å². The van der Waals surface area contributed by atoms with Crippen LogP contribution in [-0.2, 0) is 14.9 Å². The minimum Gasteiger partial charge on any atom is -0.480 e. The maximum Gasteiger partial charge on any atom is 0.317 e. The lowest BCUT2D eigenvalue weighted by Crippen LogP contribution is -2.23. The van der Waals surface area contributed by atoms with E-state index in [1.807, 2.05) is 0 Å². The maximum absolute atomic E-state index is 10.6. The smallest absolute Gasteiger partial charge is 0.317 e. The van der Waals surface area contributed by atoms with Gasteiger partial charge in [0.25, 0.3) is 10.1 Å². The van der Waals surface area contributed by atoms with E-state index in [4.69, 9.17) is 9.66 Å². The Balaban J connectivity index is 0.000000567. The lowest BCUT2D eigenvalue weighted by molar-refractivity contribution is -0.135. The van der Waals surface area contributed by atoms with Gasteiger partial charge in [0.2, 0.25) is 0 Å². The molecule has 0 bridgehead atoms. The molecule has 28 heavy (non-hydrogen) atoms. The van der Waals surface area contributed by atoms with E-state index < -0.39 is 16.1 Å². The molecule has 7 heteroatoms. The van der Waals surface area contributed by atoms with Crippen LogP contribution in [0.1, 0.15) is 76.7 Å². The molecule has 0 amide bonds. The van der Waals surface area contributed by atoms with Crippen molar-refractivity contribution in [2.45, 2.75) is 83.0 Å². The first kappa shape index (κ1) is 26.6. The SMILES string of the molecule is CCCCCCCCCCCCNCC(=O)O.Cc1ccccc1S(=O)(=O)O. The molecule has 1 aromatic rings. The monoisotopic (exact) mass is 415 g/mol. The molecule has 1 rings (SSSR count). The molecular formula is C21H37NO5S. The van der Waals surface area contributed by atoms with E-state index in [0.717, 1.165) is 13.0 Å². The summed E-state index contributed by atoms with van der Waals surface area (Å²) in [6.45, 7) is 4.81. The highest BCUT2D eigenvalue weighted by atomic mass is 32.2. The molecule has 0 aliphatic rings. The number of aryl methyl sites for hydroxylation is 1. The molecule has 0 heterocycles. The van der Waals surface area contributed by atoms with Gasteiger partial charge in [-0.05, 0) is 31.5 Å². The number of carboxylic acid groups (broad SMARTS) is 1. The third kappa shape index (κ3) is 15.6. The largest absolute Gasteiger partial charge is 0.480 e. The summed E-state index contributed by atoms with van der Waals surface area (Å²) >= 11 is 0. The molecule has 0 spiro atoms. The third-order valence-corrected chi connectivity index (χ3v) is 5.37. The first-order chi connectivity index (χ1) is 13.3. The number of hydrogen-bond donors (Lipinski definition) is 3. The minimum atomic E-state index is -4.03. The summed E-state index contributed by atoms with van der Waals surface area (Å²) in [6.07, 6.45) is 13.2. The highest BCUT2D eigenvalue weighted by Crippen LogP contribution is 2.12. The van der Waals surface area contributed by atoms with Crippen LogP contribution < -0.4 is 5.32 Å². The van der Waals surface area contributed by atoms with E-state index in [2.05, 4.69) is 12.2 Å². The number of nitrogens with one attached hydrogen (secondary N) is 1. The summed E-state index contributed by atoms with van der Waals surface area (Å²) in [5, 5.41) is 11.3. The quantitative estimate of drug-likeness (QED) is 0.297. The first-order valence-electron chi connectivity index (χ1n) is 10.2. The molecule has 0 unspecified atom stereocenters. The molecule has 0 aromatic heterocycles. The number of unbranched alkanes of at least 4 members (excludes halogenated alkanes) is 9. The Hall–Kier alpha value is -1.44. The number of carbonyl (C=O) groups is 1. The van der Waals surface area contributed by atoms with Crippen LogP contribution >= 0.6 is 0 Å². The Bertz CT molecular complexity index is 631. The summed E-state index contributed by atoms with van der Waals surface area (Å²) in [5.74, 6) is -0.767. The van der Waals surface area contributed by atoms with Crippen LogP contribution in [0.5, 0.6) is 0 Å². The molecule has 0 aliphatic heterocycles. The Labute approximate surface area is 170 Å². The molecule has 162 valence electrons. The Morgan fingerprint density at radius 1 is 0.929 bits per heavy atom. The predicted molar refractivity (Wildman–Crippen MR) is 113 cm³/mol. The maximum atomic E-state index is 10.6. The van der Waals surface area contributed by atoms with Crippen molar-refractivity contribution < 1.29 is 22.9 Å². The van der Waals surface area contributed by atoms with Gasteiger partial charge in [-0.15, -0.1) is 0 Å². The normalized spacial score (nSPS) is 11.0. The summed E-state index contributed by atoms with van der Waals surface area (Å²) in [6, 6.07) is 6.27. The van der Waals surface area contributed by atoms with Crippen molar-refractivity contribution in [3.05, 3.63) is 29.8 Å². The Kier molecular flexibility index (Phi) is 15.7. The molecule has 0 aliphatic carbocycles. The van der Waals surface area contributed by atoms with Gasteiger partial charge in [-0.2, -0.15) is 8.42 Å². The van der Waals surface area contributed by atoms with Gasteiger partial charge in [0.05, 0.1) is 11.4 Å². The second kappa shape index (κ2) is 16.5. The van der Waals surface area contributed by atoms with Gasteiger partial charge in [0.15, 0.2) is 0 Å². The molecule has 0 saturated carbocycles. The van der Waals surface area contributed by atoms with E-state index in [0.29, 0.717) is 5.56 Å². The number of benzene rings is 1. The first-order valence-corrected chi connectivity index (χ1v) is 11.7. The number of carboxylic acids is 1. The van der Waals surface area contributed by atoms with Crippen molar-refractivity contribution in [3.8, 4) is 0 Å². The van der Waals surface area contributed by atoms with Crippen LogP contribution in [0.2, 0.25) is 0 Å². The molecule has 0 radical (unpaired) electrons. The van der Waals surface area contributed by atoms with E-state index >= 15 is 0 Å². The van der Waals surface area contributed by atoms with Crippen molar-refractivity contribution in [1.29, 1.82) is 0 Å². The number of hydrogen-bond acceptors (Lipinski definition) is 4. The van der Waals surface area contributed by atoms with Crippen LogP contribution in [0.25, 0.3) is 0 Å². The van der Waals surface area contributed by atoms with Gasteiger partial charge < -0.3 is 10.4 Å². The van der Waals surface area contributed by atoms with E-state index in [9.17, 15) is 13.2 Å². The highest BCUT2D eigenvalue weighted by molar-refractivity contribution is 7.85. The van der Waals surface area contributed by atoms with Crippen molar-refractivity contribution in [2.75, 3.05) is 13.1 Å². The molecular weight excluding hydrogens is 378 g/mol. The molecule has 0 saturated heterocycles. The van der Waals surface area contributed by atoms with Crippen molar-refractivity contribution in [1.82, 2.24) is 5.32 Å². The summed E-state index contributed by atoms with van der Waals surface area (Å²) in [4.78, 5) is 10.2. The minimum absolute atomic E-state index is 0.0278. The zero-order valence-electron chi connectivity index (χ0n) is 17.3. The zero-order valence-corrected chi connectivity index (χ0v) is 18.1. The van der Waals surface area contributed by atoms with Gasteiger partial charge in [0, 0.05) is 0 Å². The number of aliphatic carboxylic acids is 1. The zero-order chi connectivity index (χ0) is 21.3. The van der Waals surface area contributed by atoms with Crippen molar-refractivity contribution in [3.63, 3.8) is 0 Å². The predicted octanol–water partition coefficient (Wildman–Crippen LogP) is 4.82. The molecule has 3 N–H and O–H groups in total. The van der Waals surface area contributed by atoms with Gasteiger partial charge in [-0.1, -0.05) is 82.9 Å². The van der Waals surface area contributed by atoms with E-state index in [-0.39, 0.29) is 11.4 Å². The van der Waals surface area contributed by atoms with Crippen LogP contribution in [-0.4, -0.2) is 37.1 Å². The van der Waals surface area contributed by atoms with E-state index in [1.54, 1.807) is 25.1 Å². The summed E-state index contributed by atoms with van der Waals surface area (Å²) in [5.41, 5.74) is 0.551. The van der Waals surface area contributed by atoms with Crippen molar-refractivity contribution >= 4 is 16.1 Å². The lowest BCUT2D eigenvalue weighted by atomic mass is 10.1. The molecule has 1 aromatic carbocycles. The molecule has 0 fully saturated rings. The summed E-state index contributed by atoms with van der Waals surface area (Å²) in [7, 11) is -4.03. The average molecular weight is 416 g/mol. The van der Waals surface area contributed by atoms with Crippen LogP contribution in [0.3, 0.4) is 0 Å². The Morgan fingerprint density at radius 3 is 1.86 bits per heavy atom. The van der Waals surface area contributed by atoms with Gasteiger partial charge in [-0.25, -0.2) is 0 Å². The molecule has 0 atom stereocenters. The van der Waals surface area contributed by atoms with Crippen LogP contribution in [0.4, 0.5) is 0 Å². The number of rotatable bonds is 14. The van der Waals surface area contributed by atoms with Crippen LogP contribution in [0.15, 0.2) is 29.2 Å². The van der Waals surface area contributed by atoms with Gasteiger partial charge in [-0.3, -0.25) is 9.35 Å². The summed E-state index contributed by atoms with van der Waals surface area (Å²) < 4.78 is 29.9. The fourth-order valence-electron chi connectivity index (χ4n) is 2.78. The highest BCUT2D eigenvalue weighted by Gasteiger charge is 2.10. The van der Waals surface area contributed by atoms with Crippen molar-refractivity contribution in [2.24, 2.45) is 0 Å². The van der Waals surface area contributed by atoms with E-state index in [1.165, 1.54) is 63.9 Å². The molecule has 6 nitrogen and oxygen atoms in total.